The minimum atomic E-state index is -0.257. The van der Waals surface area contributed by atoms with Crippen LogP contribution in [0.1, 0.15) is 24.2 Å². The molecule has 1 aliphatic heterocycles. The van der Waals surface area contributed by atoms with Crippen molar-refractivity contribution in [2.45, 2.75) is 19.4 Å². The topological polar surface area (TPSA) is 80.2 Å². The quantitative estimate of drug-likeness (QED) is 0.783. The average molecular weight is 374 g/mol. The largest absolute Gasteiger partial charge is 0.467 e. The normalized spacial score (nSPS) is 14.0. The highest BCUT2D eigenvalue weighted by Gasteiger charge is 2.17. The van der Waals surface area contributed by atoms with E-state index in [2.05, 4.69) is 25.2 Å². The number of nitrogens with zero attached hydrogens (tertiary/aromatic N) is 4. The van der Waals surface area contributed by atoms with Gasteiger partial charge in [0.1, 0.15) is 0 Å². The van der Waals surface area contributed by atoms with Crippen LogP contribution in [0.3, 0.4) is 0 Å². The summed E-state index contributed by atoms with van der Waals surface area (Å²) in [6, 6.07) is 7.56. The van der Waals surface area contributed by atoms with Crippen molar-refractivity contribution in [3.05, 3.63) is 46.8 Å². The van der Waals surface area contributed by atoms with E-state index >= 15 is 0 Å². The Morgan fingerprint density at radius 2 is 2.04 bits per heavy atom. The Labute approximate surface area is 157 Å². The summed E-state index contributed by atoms with van der Waals surface area (Å²) in [5.41, 5.74) is 0.780. The van der Waals surface area contributed by atoms with Gasteiger partial charge in [-0.3, -0.25) is 4.79 Å². The maximum Gasteiger partial charge on any atom is 0.321 e. The van der Waals surface area contributed by atoms with Gasteiger partial charge < -0.3 is 15.0 Å². The molecule has 1 saturated heterocycles. The smallest absolute Gasteiger partial charge is 0.321 e. The van der Waals surface area contributed by atoms with Gasteiger partial charge in [-0.05, 0) is 30.5 Å². The zero-order valence-corrected chi connectivity index (χ0v) is 15.2. The molecule has 1 aromatic heterocycles. The lowest BCUT2D eigenvalue weighted by Crippen LogP contribution is -2.25. The van der Waals surface area contributed by atoms with Crippen molar-refractivity contribution < 1.29 is 9.53 Å². The van der Waals surface area contributed by atoms with E-state index in [1.165, 1.54) is 13.2 Å². The molecule has 0 bridgehead atoms. The first kappa shape index (κ1) is 18.1. The number of rotatable bonds is 6. The van der Waals surface area contributed by atoms with Crippen molar-refractivity contribution in [1.82, 2.24) is 20.3 Å². The van der Waals surface area contributed by atoms with Crippen LogP contribution in [0, 0.1) is 0 Å². The van der Waals surface area contributed by atoms with Crippen molar-refractivity contribution in [3.8, 4) is 6.01 Å². The molecule has 8 heteroatoms. The SMILES string of the molecule is COc1nc(CNC(=O)/C=C/c2ccccc2Cl)nc(N2CCCC2)n1. The number of nitrogens with one attached hydrogen (secondary N) is 1. The molecule has 0 spiro atoms. The Balaban J connectivity index is 1.64. The fraction of sp³-hybridized carbons (Fsp3) is 0.333. The van der Waals surface area contributed by atoms with Gasteiger partial charge in [0.15, 0.2) is 5.82 Å². The highest BCUT2D eigenvalue weighted by Crippen LogP contribution is 2.18. The fourth-order valence-corrected chi connectivity index (χ4v) is 2.81. The van der Waals surface area contributed by atoms with Gasteiger partial charge in [-0.25, -0.2) is 0 Å². The number of benzene rings is 1. The Morgan fingerprint density at radius 3 is 2.77 bits per heavy atom. The van der Waals surface area contributed by atoms with Gasteiger partial charge in [0, 0.05) is 24.2 Å². The third kappa shape index (κ3) is 4.70. The van der Waals surface area contributed by atoms with Crippen LogP contribution in [-0.4, -0.2) is 41.1 Å². The molecular weight excluding hydrogens is 354 g/mol. The average Bonchev–Trinajstić information content (AvgIpc) is 3.20. The fourth-order valence-electron chi connectivity index (χ4n) is 2.62. The van der Waals surface area contributed by atoms with Crippen LogP contribution in [0.2, 0.25) is 5.02 Å². The summed E-state index contributed by atoms with van der Waals surface area (Å²) < 4.78 is 5.15. The number of carbonyl (C=O) groups excluding carboxylic acids is 1. The number of carbonyl (C=O) groups is 1. The number of halogens is 1. The first-order chi connectivity index (χ1) is 12.7. The van der Waals surface area contributed by atoms with Crippen LogP contribution in [-0.2, 0) is 11.3 Å². The minimum absolute atomic E-state index is 0.186. The highest BCUT2D eigenvalue weighted by molar-refractivity contribution is 6.32. The first-order valence-corrected chi connectivity index (χ1v) is 8.78. The second-order valence-corrected chi connectivity index (χ2v) is 6.21. The molecule has 26 heavy (non-hydrogen) atoms. The molecular formula is C18H20ClN5O2. The zero-order chi connectivity index (χ0) is 18.4. The van der Waals surface area contributed by atoms with Crippen molar-refractivity contribution in [2.75, 3.05) is 25.1 Å². The molecule has 1 N–H and O–H groups in total. The summed E-state index contributed by atoms with van der Waals surface area (Å²) in [7, 11) is 1.51. The maximum absolute atomic E-state index is 12.0. The molecule has 0 unspecified atom stereocenters. The van der Waals surface area contributed by atoms with Crippen molar-refractivity contribution in [2.24, 2.45) is 0 Å². The van der Waals surface area contributed by atoms with Crippen molar-refractivity contribution >= 4 is 29.5 Å². The van der Waals surface area contributed by atoms with Gasteiger partial charge in [0.05, 0.1) is 13.7 Å². The lowest BCUT2D eigenvalue weighted by Gasteiger charge is -2.16. The predicted molar refractivity (Wildman–Crippen MR) is 100 cm³/mol. The highest BCUT2D eigenvalue weighted by atomic mass is 35.5. The number of methoxy groups -OCH3 is 1. The molecule has 0 aliphatic carbocycles. The van der Waals surface area contributed by atoms with E-state index in [-0.39, 0.29) is 18.5 Å². The second kappa shape index (κ2) is 8.62. The number of amides is 1. The lowest BCUT2D eigenvalue weighted by molar-refractivity contribution is -0.116. The molecule has 2 aromatic rings. The van der Waals surface area contributed by atoms with E-state index in [4.69, 9.17) is 16.3 Å². The van der Waals surface area contributed by atoms with E-state index in [9.17, 15) is 4.79 Å². The van der Waals surface area contributed by atoms with Crippen molar-refractivity contribution in [1.29, 1.82) is 0 Å². The molecule has 1 aromatic carbocycles. The standard InChI is InChI=1S/C18H20ClN5O2/c1-26-18-22-15(21-17(23-18)24-10-4-5-11-24)12-20-16(25)9-8-13-6-2-3-7-14(13)19/h2-3,6-9H,4-5,10-12H2,1H3,(H,20,25)/b9-8+. The minimum Gasteiger partial charge on any atom is -0.467 e. The van der Waals surface area contributed by atoms with Gasteiger partial charge in [0.2, 0.25) is 11.9 Å². The van der Waals surface area contributed by atoms with E-state index in [1.807, 2.05) is 18.2 Å². The van der Waals surface area contributed by atoms with Gasteiger partial charge in [-0.1, -0.05) is 29.8 Å². The van der Waals surface area contributed by atoms with E-state index < -0.39 is 0 Å². The number of ether oxygens (including phenoxy) is 1. The third-order valence-corrected chi connectivity index (χ3v) is 4.31. The van der Waals surface area contributed by atoms with Crippen LogP contribution < -0.4 is 15.0 Å². The maximum atomic E-state index is 12.0. The van der Waals surface area contributed by atoms with E-state index in [1.54, 1.807) is 12.1 Å². The Hall–Kier alpha value is -2.67. The molecule has 0 atom stereocenters. The Kier molecular flexibility index (Phi) is 6.01. The monoisotopic (exact) mass is 373 g/mol. The zero-order valence-electron chi connectivity index (χ0n) is 14.5. The summed E-state index contributed by atoms with van der Waals surface area (Å²) >= 11 is 6.07. The van der Waals surface area contributed by atoms with Gasteiger partial charge in [-0.2, -0.15) is 15.0 Å². The molecule has 0 radical (unpaired) electrons. The van der Waals surface area contributed by atoms with E-state index in [0.29, 0.717) is 16.8 Å². The summed E-state index contributed by atoms with van der Waals surface area (Å²) in [5.74, 6) is 0.787. The number of hydrogen-bond acceptors (Lipinski definition) is 6. The van der Waals surface area contributed by atoms with Crippen molar-refractivity contribution in [3.63, 3.8) is 0 Å². The third-order valence-electron chi connectivity index (χ3n) is 3.96. The lowest BCUT2D eigenvalue weighted by atomic mass is 10.2. The number of hydrogen-bond donors (Lipinski definition) is 1. The summed E-state index contributed by atoms with van der Waals surface area (Å²) in [6.45, 7) is 2.02. The number of aromatic nitrogens is 3. The predicted octanol–water partition coefficient (Wildman–Crippen LogP) is 2.46. The van der Waals surface area contributed by atoms with Crippen LogP contribution in [0.25, 0.3) is 6.08 Å². The molecule has 0 saturated carbocycles. The molecule has 1 fully saturated rings. The van der Waals surface area contributed by atoms with Crippen LogP contribution in [0.5, 0.6) is 6.01 Å². The summed E-state index contributed by atoms with van der Waals surface area (Å²) in [4.78, 5) is 27.0. The molecule has 2 heterocycles. The molecule has 3 rings (SSSR count). The Morgan fingerprint density at radius 1 is 1.27 bits per heavy atom. The molecule has 1 aliphatic rings. The summed E-state index contributed by atoms with van der Waals surface area (Å²) in [5, 5.41) is 3.35. The summed E-state index contributed by atoms with van der Waals surface area (Å²) in [6.07, 6.45) is 5.34. The second-order valence-electron chi connectivity index (χ2n) is 5.81. The molecule has 7 nitrogen and oxygen atoms in total. The van der Waals surface area contributed by atoms with Crippen LogP contribution >= 0.6 is 11.6 Å². The van der Waals surface area contributed by atoms with E-state index in [0.717, 1.165) is 31.5 Å². The van der Waals surface area contributed by atoms with Gasteiger partial charge >= 0.3 is 6.01 Å². The first-order valence-electron chi connectivity index (χ1n) is 8.40. The van der Waals surface area contributed by atoms with Crippen LogP contribution in [0.15, 0.2) is 30.3 Å². The van der Waals surface area contributed by atoms with Crippen LogP contribution in [0.4, 0.5) is 5.95 Å². The van der Waals surface area contributed by atoms with Gasteiger partial charge in [-0.15, -0.1) is 0 Å². The molecule has 136 valence electrons. The Bertz CT molecular complexity index is 806. The number of anilines is 1. The molecule has 1 amide bonds. The van der Waals surface area contributed by atoms with Gasteiger partial charge in [0.25, 0.3) is 0 Å².